The largest absolute Gasteiger partial charge is 0.352 e. The van der Waals surface area contributed by atoms with Crippen LogP contribution in [-0.2, 0) is 15.5 Å². The van der Waals surface area contributed by atoms with E-state index in [0.717, 1.165) is 16.3 Å². The summed E-state index contributed by atoms with van der Waals surface area (Å²) in [5.74, 6) is -5.80. The Balaban J connectivity index is 1.20. The van der Waals surface area contributed by atoms with Gasteiger partial charge in [0.1, 0.15) is 0 Å². The van der Waals surface area contributed by atoms with Crippen molar-refractivity contribution in [1.82, 2.24) is 10.3 Å². The molecule has 3 aliphatic rings. The number of halogens is 3. The summed E-state index contributed by atoms with van der Waals surface area (Å²) in [5, 5.41) is 7.33. The molecule has 3 atom stereocenters. The topological polar surface area (TPSA) is 91.4 Å². The Bertz CT molecular complexity index is 1770. The zero-order valence-electron chi connectivity index (χ0n) is 21.5. The van der Waals surface area contributed by atoms with Crippen LogP contribution in [0, 0.1) is 5.92 Å². The zero-order valence-corrected chi connectivity index (χ0v) is 22.3. The molecule has 0 spiro atoms. The minimum Gasteiger partial charge on any atom is -0.334 e. The van der Waals surface area contributed by atoms with Gasteiger partial charge in [-0.3, -0.25) is 14.6 Å². The molecule has 2 aliphatic heterocycles. The first kappa shape index (κ1) is 25.6. The van der Waals surface area contributed by atoms with Gasteiger partial charge in [0.25, 0.3) is 5.91 Å². The van der Waals surface area contributed by atoms with Gasteiger partial charge in [0.15, 0.2) is 0 Å². The summed E-state index contributed by atoms with van der Waals surface area (Å²) in [7, 11) is 0. The van der Waals surface area contributed by atoms with Crippen molar-refractivity contribution in [2.24, 2.45) is 5.92 Å². The number of carbonyl (C=O) groups excluding carboxylic acids is 3. The summed E-state index contributed by atoms with van der Waals surface area (Å²) >= 11 is 6.72. The predicted molar refractivity (Wildman–Crippen MR) is 151 cm³/mol. The molecule has 206 valence electrons. The maximum absolute atomic E-state index is 14.5. The van der Waals surface area contributed by atoms with Crippen molar-refractivity contribution >= 4 is 51.6 Å². The predicted octanol–water partition coefficient (Wildman–Crippen LogP) is 6.61. The third-order valence-electron chi connectivity index (χ3n) is 8.45. The van der Waals surface area contributed by atoms with E-state index in [-0.39, 0.29) is 23.1 Å². The lowest BCUT2D eigenvalue weighted by atomic mass is 9.72. The molecule has 7 nitrogen and oxygen atoms in total. The summed E-state index contributed by atoms with van der Waals surface area (Å²) < 4.78 is 29.1. The second-order valence-corrected chi connectivity index (χ2v) is 11.1. The fourth-order valence-electron chi connectivity index (χ4n) is 6.49. The SMILES string of the molecule is O=C1NC2CC(c3c(Cl)cccc3-c3ccc4c(c3)C(F)(F)C(=O)N4)CCC2C(=O)N1c1cncc2ccccc12. The Morgan fingerprint density at radius 1 is 0.976 bits per heavy atom. The van der Waals surface area contributed by atoms with Crippen LogP contribution in [0.15, 0.2) is 73.1 Å². The van der Waals surface area contributed by atoms with Gasteiger partial charge >= 0.3 is 12.0 Å². The lowest BCUT2D eigenvalue weighted by Crippen LogP contribution is -2.61. The molecule has 1 saturated heterocycles. The smallest absolute Gasteiger partial charge is 0.334 e. The number of aromatic nitrogens is 1. The maximum atomic E-state index is 14.5. The van der Waals surface area contributed by atoms with E-state index >= 15 is 0 Å². The first-order valence-corrected chi connectivity index (χ1v) is 13.7. The number of hydrogen-bond donors (Lipinski definition) is 2. The number of urea groups is 1. The van der Waals surface area contributed by atoms with Gasteiger partial charge in [-0.2, -0.15) is 8.78 Å². The molecule has 3 aromatic carbocycles. The highest BCUT2D eigenvalue weighted by molar-refractivity contribution is 6.32. The number of amides is 4. The fourth-order valence-corrected chi connectivity index (χ4v) is 6.82. The highest BCUT2D eigenvalue weighted by Gasteiger charge is 2.49. The molecule has 7 rings (SSSR count). The van der Waals surface area contributed by atoms with Gasteiger partial charge in [-0.05, 0) is 60.1 Å². The van der Waals surface area contributed by atoms with Crippen molar-refractivity contribution in [1.29, 1.82) is 0 Å². The fraction of sp³-hybridized carbons (Fsp3) is 0.226. The molecule has 1 saturated carbocycles. The third kappa shape index (κ3) is 3.98. The van der Waals surface area contributed by atoms with E-state index in [4.69, 9.17) is 11.6 Å². The molecule has 1 aliphatic carbocycles. The molecule has 4 aromatic rings. The van der Waals surface area contributed by atoms with Gasteiger partial charge in [-0.25, -0.2) is 9.69 Å². The van der Waals surface area contributed by atoms with Crippen molar-refractivity contribution in [2.75, 3.05) is 10.2 Å². The van der Waals surface area contributed by atoms with Crippen LogP contribution in [-0.4, -0.2) is 28.9 Å². The van der Waals surface area contributed by atoms with Gasteiger partial charge < -0.3 is 10.6 Å². The van der Waals surface area contributed by atoms with Crippen LogP contribution >= 0.6 is 11.6 Å². The Morgan fingerprint density at radius 2 is 1.80 bits per heavy atom. The Labute approximate surface area is 238 Å². The molecule has 4 amide bonds. The highest BCUT2D eigenvalue weighted by Crippen LogP contribution is 2.47. The molecule has 0 bridgehead atoms. The number of fused-ring (bicyclic) bond motifs is 3. The summed E-state index contributed by atoms with van der Waals surface area (Å²) in [6, 6.07) is 16.3. The highest BCUT2D eigenvalue weighted by atomic mass is 35.5. The Hall–Kier alpha value is -4.37. The van der Waals surface area contributed by atoms with Gasteiger partial charge in [-0.15, -0.1) is 0 Å². The minimum atomic E-state index is -3.62. The molecule has 2 N–H and O–H groups in total. The van der Waals surface area contributed by atoms with E-state index in [1.165, 1.54) is 23.2 Å². The molecule has 10 heteroatoms. The first-order valence-electron chi connectivity index (χ1n) is 13.3. The van der Waals surface area contributed by atoms with Gasteiger partial charge in [0.2, 0.25) is 5.91 Å². The van der Waals surface area contributed by atoms with E-state index in [2.05, 4.69) is 15.6 Å². The zero-order chi connectivity index (χ0) is 28.5. The van der Waals surface area contributed by atoms with Crippen LogP contribution in [0.4, 0.5) is 25.0 Å². The minimum absolute atomic E-state index is 0.0854. The Kier molecular flexibility index (Phi) is 5.83. The van der Waals surface area contributed by atoms with Gasteiger partial charge in [0, 0.05) is 28.0 Å². The van der Waals surface area contributed by atoms with Crippen molar-refractivity contribution in [2.45, 2.75) is 37.1 Å². The summed E-state index contributed by atoms with van der Waals surface area (Å²) in [6.07, 6.45) is 4.81. The number of nitrogens with one attached hydrogen (secondary N) is 2. The molecule has 1 aromatic heterocycles. The molecule has 2 fully saturated rings. The van der Waals surface area contributed by atoms with Crippen LogP contribution in [0.25, 0.3) is 21.9 Å². The summed E-state index contributed by atoms with van der Waals surface area (Å²) in [5.41, 5.74) is 2.12. The number of benzene rings is 3. The number of hydrogen-bond acceptors (Lipinski definition) is 4. The summed E-state index contributed by atoms with van der Waals surface area (Å²) in [6.45, 7) is 0. The number of pyridine rings is 1. The van der Waals surface area contributed by atoms with Crippen LogP contribution in [0.1, 0.15) is 36.3 Å². The number of rotatable bonds is 3. The number of alkyl halides is 2. The second kappa shape index (κ2) is 9.34. The molecule has 3 unspecified atom stereocenters. The monoisotopic (exact) mass is 572 g/mol. The quantitative estimate of drug-likeness (QED) is 0.289. The molecule has 3 heterocycles. The average molecular weight is 573 g/mol. The van der Waals surface area contributed by atoms with Crippen molar-refractivity contribution in [3.63, 3.8) is 0 Å². The van der Waals surface area contributed by atoms with Crippen LogP contribution < -0.4 is 15.5 Å². The number of nitrogens with zero attached hydrogens (tertiary/aromatic N) is 2. The van der Waals surface area contributed by atoms with Crippen molar-refractivity contribution < 1.29 is 23.2 Å². The number of anilines is 2. The van der Waals surface area contributed by atoms with E-state index < -0.39 is 29.8 Å². The maximum Gasteiger partial charge on any atom is 0.352 e. The van der Waals surface area contributed by atoms with E-state index in [0.29, 0.717) is 41.1 Å². The van der Waals surface area contributed by atoms with E-state index in [1.54, 1.807) is 24.4 Å². The standard InChI is InChI=1S/C31H23ClF2N4O3/c32-23-7-3-6-20(16-9-11-24-22(12-16)31(33,34)29(40)36-24)27(23)17-8-10-21-25(13-17)37-30(41)38(28(21)39)26-15-35-14-18-4-1-2-5-19(18)26/h1-7,9,11-12,14-15,17,21,25H,8,10,13H2,(H,36,40)(H,37,41). The van der Waals surface area contributed by atoms with Crippen LogP contribution in [0.2, 0.25) is 5.02 Å². The molecule has 0 radical (unpaired) electrons. The normalized spacial score (nSPS) is 23.1. The lowest BCUT2D eigenvalue weighted by molar-refractivity contribution is -0.139. The van der Waals surface area contributed by atoms with Crippen molar-refractivity contribution in [3.8, 4) is 11.1 Å². The van der Waals surface area contributed by atoms with Crippen LogP contribution in [0.3, 0.4) is 0 Å². The third-order valence-corrected chi connectivity index (χ3v) is 8.78. The number of carbonyl (C=O) groups is 3. The average Bonchev–Trinajstić information content (AvgIpc) is 3.19. The van der Waals surface area contributed by atoms with Crippen LogP contribution in [0.5, 0.6) is 0 Å². The van der Waals surface area contributed by atoms with E-state index in [1.807, 2.05) is 30.3 Å². The van der Waals surface area contributed by atoms with Crippen molar-refractivity contribution in [3.05, 3.63) is 89.2 Å². The molecule has 41 heavy (non-hydrogen) atoms. The van der Waals surface area contributed by atoms with Gasteiger partial charge in [-0.1, -0.05) is 54.1 Å². The summed E-state index contributed by atoms with van der Waals surface area (Å²) in [4.78, 5) is 44.3. The molecular formula is C31H23ClF2N4O3. The van der Waals surface area contributed by atoms with Gasteiger partial charge in [0.05, 0.1) is 29.1 Å². The lowest BCUT2D eigenvalue weighted by Gasteiger charge is -2.43. The Morgan fingerprint density at radius 3 is 2.66 bits per heavy atom. The molecular weight excluding hydrogens is 550 g/mol. The second-order valence-electron chi connectivity index (χ2n) is 10.7. The van der Waals surface area contributed by atoms with E-state index in [9.17, 15) is 23.2 Å². The number of imide groups is 1. The first-order chi connectivity index (χ1) is 19.7.